The summed E-state index contributed by atoms with van der Waals surface area (Å²) in [6.07, 6.45) is 3.18. The molecule has 3 nitrogen and oxygen atoms in total. The number of halogens is 1. The summed E-state index contributed by atoms with van der Waals surface area (Å²) in [6, 6.07) is 10.0. The lowest BCUT2D eigenvalue weighted by molar-refractivity contribution is 0.595. The van der Waals surface area contributed by atoms with E-state index < -0.39 is 9.84 Å². The third kappa shape index (κ3) is 3.14. The number of hydrogen-bond acceptors (Lipinski definition) is 3. The lowest BCUT2D eigenvalue weighted by Gasteiger charge is -2.04. The Bertz CT molecular complexity index is 594. The smallest absolute Gasteiger partial charge is 0.182 e. The summed E-state index contributed by atoms with van der Waals surface area (Å²) in [4.78, 5) is 4.19. The van der Waals surface area contributed by atoms with Crippen molar-refractivity contribution < 1.29 is 8.42 Å². The van der Waals surface area contributed by atoms with Crippen LogP contribution in [0.2, 0.25) is 0 Å². The molecule has 1 aromatic heterocycles. The molecule has 0 saturated carbocycles. The van der Waals surface area contributed by atoms with Crippen molar-refractivity contribution in [1.29, 1.82) is 0 Å². The first-order chi connectivity index (χ1) is 8.08. The Kier molecular flexibility index (Phi) is 3.59. The van der Waals surface area contributed by atoms with E-state index in [9.17, 15) is 8.42 Å². The Morgan fingerprint density at radius 3 is 2.18 bits per heavy atom. The Labute approximate surface area is 109 Å². The van der Waals surface area contributed by atoms with E-state index >= 15 is 0 Å². The molecule has 0 bridgehead atoms. The highest BCUT2D eigenvalue weighted by Crippen LogP contribution is 2.18. The number of nitrogens with zero attached hydrogens (tertiary/aromatic N) is 1. The van der Waals surface area contributed by atoms with Crippen molar-refractivity contribution in [2.24, 2.45) is 0 Å². The average molecular weight is 312 g/mol. The molecular formula is C12H10BrNO2S. The van der Waals surface area contributed by atoms with E-state index in [1.807, 2.05) is 0 Å². The van der Waals surface area contributed by atoms with Crippen molar-refractivity contribution >= 4 is 25.8 Å². The summed E-state index contributed by atoms with van der Waals surface area (Å²) in [5.41, 5.74) is 0.739. The van der Waals surface area contributed by atoms with E-state index in [-0.39, 0.29) is 5.75 Å². The van der Waals surface area contributed by atoms with Gasteiger partial charge in [-0.05, 0) is 42.0 Å². The summed E-state index contributed by atoms with van der Waals surface area (Å²) in [6.45, 7) is 0. The van der Waals surface area contributed by atoms with Gasteiger partial charge < -0.3 is 0 Å². The van der Waals surface area contributed by atoms with Crippen LogP contribution in [-0.4, -0.2) is 13.4 Å². The van der Waals surface area contributed by atoms with Gasteiger partial charge >= 0.3 is 0 Å². The van der Waals surface area contributed by atoms with Crippen molar-refractivity contribution in [2.75, 3.05) is 0 Å². The fourth-order valence-electron chi connectivity index (χ4n) is 1.42. The van der Waals surface area contributed by atoms with Gasteiger partial charge in [-0.25, -0.2) is 8.42 Å². The largest absolute Gasteiger partial charge is 0.265 e. The Balaban J connectivity index is 2.29. The van der Waals surface area contributed by atoms with Crippen molar-refractivity contribution in [3.05, 3.63) is 58.8 Å². The van der Waals surface area contributed by atoms with Crippen molar-refractivity contribution in [3.63, 3.8) is 0 Å². The lowest BCUT2D eigenvalue weighted by Crippen LogP contribution is -2.04. The summed E-state index contributed by atoms with van der Waals surface area (Å²) in [5, 5.41) is 0. The molecule has 1 heterocycles. The lowest BCUT2D eigenvalue weighted by atomic mass is 10.3. The highest BCUT2D eigenvalue weighted by atomic mass is 79.9. The second-order valence-electron chi connectivity index (χ2n) is 3.57. The van der Waals surface area contributed by atoms with Crippen LogP contribution in [0.5, 0.6) is 0 Å². The van der Waals surface area contributed by atoms with Gasteiger partial charge in [-0.2, -0.15) is 0 Å². The predicted octanol–water partition coefficient (Wildman–Crippen LogP) is 2.82. The second kappa shape index (κ2) is 4.98. The molecule has 0 N–H and O–H groups in total. The third-order valence-electron chi connectivity index (χ3n) is 2.28. The average Bonchev–Trinajstić information content (AvgIpc) is 2.30. The summed E-state index contributed by atoms with van der Waals surface area (Å²) in [5.74, 6) is -0.00283. The molecule has 0 amide bonds. The molecule has 0 aliphatic carbocycles. The Hall–Kier alpha value is -1.20. The monoisotopic (exact) mass is 311 g/mol. The van der Waals surface area contributed by atoms with E-state index in [1.165, 1.54) is 0 Å². The van der Waals surface area contributed by atoms with Gasteiger partial charge in [0.1, 0.15) is 0 Å². The molecule has 0 atom stereocenters. The van der Waals surface area contributed by atoms with E-state index in [0.29, 0.717) is 4.90 Å². The van der Waals surface area contributed by atoms with E-state index in [4.69, 9.17) is 0 Å². The zero-order chi connectivity index (χ0) is 12.3. The summed E-state index contributed by atoms with van der Waals surface area (Å²) < 4.78 is 25.0. The first-order valence-corrected chi connectivity index (χ1v) is 7.40. The standard InChI is InChI=1S/C12H10BrNO2S/c13-11-1-3-12(4-2-11)17(15,16)9-10-5-7-14-8-6-10/h1-8H,9H2. The van der Waals surface area contributed by atoms with Crippen LogP contribution in [0.4, 0.5) is 0 Å². The SMILES string of the molecule is O=S(=O)(Cc1ccncc1)c1ccc(Br)cc1. The maximum Gasteiger partial charge on any atom is 0.182 e. The molecule has 17 heavy (non-hydrogen) atoms. The zero-order valence-corrected chi connectivity index (χ0v) is 11.3. The van der Waals surface area contributed by atoms with Crippen LogP contribution in [0, 0.1) is 0 Å². The minimum Gasteiger partial charge on any atom is -0.265 e. The van der Waals surface area contributed by atoms with E-state index in [2.05, 4.69) is 20.9 Å². The molecule has 0 spiro atoms. The Morgan fingerprint density at radius 1 is 1.00 bits per heavy atom. The number of rotatable bonds is 3. The van der Waals surface area contributed by atoms with Crippen molar-refractivity contribution in [3.8, 4) is 0 Å². The molecular weight excluding hydrogens is 302 g/mol. The first kappa shape index (κ1) is 12.3. The molecule has 0 saturated heterocycles. The van der Waals surface area contributed by atoms with E-state index in [1.54, 1.807) is 48.8 Å². The number of pyridine rings is 1. The molecule has 0 unspecified atom stereocenters. The van der Waals surface area contributed by atoms with E-state index in [0.717, 1.165) is 10.0 Å². The van der Waals surface area contributed by atoms with Gasteiger partial charge in [0.25, 0.3) is 0 Å². The summed E-state index contributed by atoms with van der Waals surface area (Å²) in [7, 11) is -3.28. The molecule has 0 radical (unpaired) electrons. The van der Waals surface area contributed by atoms with Crippen LogP contribution in [0.3, 0.4) is 0 Å². The van der Waals surface area contributed by atoms with Gasteiger partial charge in [-0.1, -0.05) is 15.9 Å². The number of hydrogen-bond donors (Lipinski definition) is 0. The maximum absolute atomic E-state index is 12.1. The molecule has 0 aliphatic heterocycles. The number of aromatic nitrogens is 1. The van der Waals surface area contributed by atoms with Crippen molar-refractivity contribution in [1.82, 2.24) is 4.98 Å². The molecule has 5 heteroatoms. The van der Waals surface area contributed by atoms with Gasteiger partial charge in [0, 0.05) is 16.9 Å². The highest BCUT2D eigenvalue weighted by Gasteiger charge is 2.14. The highest BCUT2D eigenvalue weighted by molar-refractivity contribution is 9.10. The third-order valence-corrected chi connectivity index (χ3v) is 4.51. The fraction of sp³-hybridized carbons (Fsp3) is 0.0833. The Morgan fingerprint density at radius 2 is 1.59 bits per heavy atom. The number of sulfone groups is 1. The van der Waals surface area contributed by atoms with Crippen LogP contribution in [-0.2, 0) is 15.6 Å². The van der Waals surface area contributed by atoms with Gasteiger partial charge in [0.2, 0.25) is 0 Å². The molecule has 2 aromatic rings. The molecule has 88 valence electrons. The molecule has 0 fully saturated rings. The van der Waals surface area contributed by atoms with Gasteiger partial charge in [-0.15, -0.1) is 0 Å². The number of benzene rings is 1. The molecule has 0 aliphatic rings. The van der Waals surface area contributed by atoms with Crippen LogP contribution in [0.25, 0.3) is 0 Å². The minimum atomic E-state index is -3.28. The molecule has 2 rings (SSSR count). The molecule has 1 aromatic carbocycles. The predicted molar refractivity (Wildman–Crippen MR) is 69.3 cm³/mol. The summed E-state index contributed by atoms with van der Waals surface area (Å²) >= 11 is 3.28. The van der Waals surface area contributed by atoms with Gasteiger partial charge in [-0.3, -0.25) is 4.98 Å². The second-order valence-corrected chi connectivity index (χ2v) is 6.47. The fourth-order valence-corrected chi connectivity index (χ4v) is 3.04. The van der Waals surface area contributed by atoms with Crippen molar-refractivity contribution in [2.45, 2.75) is 10.6 Å². The van der Waals surface area contributed by atoms with Crippen LogP contribution in [0.1, 0.15) is 5.56 Å². The van der Waals surface area contributed by atoms with Crippen LogP contribution >= 0.6 is 15.9 Å². The quantitative estimate of drug-likeness (QED) is 0.875. The first-order valence-electron chi connectivity index (χ1n) is 4.95. The maximum atomic E-state index is 12.1. The normalized spacial score (nSPS) is 11.4. The van der Waals surface area contributed by atoms with Gasteiger partial charge in [0.05, 0.1) is 10.6 Å². The zero-order valence-electron chi connectivity index (χ0n) is 8.88. The van der Waals surface area contributed by atoms with Crippen LogP contribution < -0.4 is 0 Å². The van der Waals surface area contributed by atoms with Gasteiger partial charge in [0.15, 0.2) is 9.84 Å². The minimum absolute atomic E-state index is 0.00283. The topological polar surface area (TPSA) is 47.0 Å². The van der Waals surface area contributed by atoms with Crippen LogP contribution in [0.15, 0.2) is 58.2 Å².